The van der Waals surface area contributed by atoms with Gasteiger partial charge < -0.3 is 15.4 Å². The molecule has 0 radical (unpaired) electrons. The van der Waals surface area contributed by atoms with Crippen molar-refractivity contribution in [1.29, 1.82) is 0 Å². The lowest BCUT2D eigenvalue weighted by atomic mass is 9.85. The van der Waals surface area contributed by atoms with Gasteiger partial charge in [0.15, 0.2) is 0 Å². The lowest BCUT2D eigenvalue weighted by Crippen LogP contribution is -2.37. The Morgan fingerprint density at radius 1 is 1.36 bits per heavy atom. The third-order valence-corrected chi connectivity index (χ3v) is 4.75. The number of hydrogen-bond acceptors (Lipinski definition) is 2. The lowest BCUT2D eigenvalue weighted by Gasteiger charge is -2.26. The fourth-order valence-electron chi connectivity index (χ4n) is 3.40. The topological polar surface area (TPSA) is 65.1 Å². The summed E-state index contributed by atoms with van der Waals surface area (Å²) in [5, 5.41) is 14.1. The van der Waals surface area contributed by atoms with Crippen LogP contribution in [-0.2, 0) is 0 Å². The van der Waals surface area contributed by atoms with Crippen LogP contribution < -0.4 is 5.32 Å². The van der Waals surface area contributed by atoms with E-state index in [0.717, 1.165) is 29.3 Å². The summed E-state index contributed by atoms with van der Waals surface area (Å²) in [5.41, 5.74) is 2.74. The second-order valence-corrected chi connectivity index (χ2v) is 6.43. The SMILES string of the molecule is Cc1ccc2[nH]cc(C(=O)NCC(O)C3CCCCC3)c2c1. The van der Waals surface area contributed by atoms with Crippen molar-refractivity contribution < 1.29 is 9.90 Å². The highest BCUT2D eigenvalue weighted by molar-refractivity contribution is 6.06. The molecule has 0 saturated heterocycles. The van der Waals surface area contributed by atoms with Gasteiger partial charge in [0.2, 0.25) is 0 Å². The fourth-order valence-corrected chi connectivity index (χ4v) is 3.40. The zero-order valence-electron chi connectivity index (χ0n) is 13.1. The Hall–Kier alpha value is -1.81. The average Bonchev–Trinajstić information content (AvgIpc) is 2.96. The van der Waals surface area contributed by atoms with Gasteiger partial charge in [-0.2, -0.15) is 0 Å². The molecule has 22 heavy (non-hydrogen) atoms. The first-order valence-electron chi connectivity index (χ1n) is 8.19. The maximum Gasteiger partial charge on any atom is 0.253 e. The number of carbonyl (C=O) groups is 1. The lowest BCUT2D eigenvalue weighted by molar-refractivity contribution is 0.0739. The van der Waals surface area contributed by atoms with E-state index in [1.165, 1.54) is 19.3 Å². The number of carbonyl (C=O) groups excluding carboxylic acids is 1. The highest BCUT2D eigenvalue weighted by atomic mass is 16.3. The van der Waals surface area contributed by atoms with E-state index >= 15 is 0 Å². The molecule has 3 rings (SSSR count). The number of aliphatic hydroxyl groups is 1. The molecule has 0 aliphatic heterocycles. The van der Waals surface area contributed by atoms with Crippen LogP contribution in [0.2, 0.25) is 0 Å². The van der Waals surface area contributed by atoms with E-state index in [4.69, 9.17) is 0 Å². The molecule has 4 heteroatoms. The van der Waals surface area contributed by atoms with Crippen LogP contribution in [0.25, 0.3) is 10.9 Å². The minimum absolute atomic E-state index is 0.119. The molecule has 1 amide bonds. The molecular formula is C18H24N2O2. The summed E-state index contributed by atoms with van der Waals surface area (Å²) in [4.78, 5) is 15.5. The van der Waals surface area contributed by atoms with E-state index in [1.54, 1.807) is 6.20 Å². The van der Waals surface area contributed by atoms with Crippen molar-refractivity contribution >= 4 is 16.8 Å². The summed E-state index contributed by atoms with van der Waals surface area (Å²) < 4.78 is 0. The van der Waals surface area contributed by atoms with Gasteiger partial charge in [-0.05, 0) is 37.8 Å². The summed E-state index contributed by atoms with van der Waals surface area (Å²) >= 11 is 0. The molecule has 4 nitrogen and oxygen atoms in total. The molecule has 1 aromatic heterocycles. The first kappa shape index (κ1) is 15.1. The minimum atomic E-state index is -0.434. The Kier molecular flexibility index (Phi) is 4.48. The third-order valence-electron chi connectivity index (χ3n) is 4.75. The number of H-pyrrole nitrogens is 1. The van der Waals surface area contributed by atoms with E-state index in [2.05, 4.69) is 10.3 Å². The van der Waals surface area contributed by atoms with Gasteiger partial charge in [0, 0.05) is 23.6 Å². The number of fused-ring (bicyclic) bond motifs is 1. The highest BCUT2D eigenvalue weighted by Crippen LogP contribution is 2.26. The molecule has 118 valence electrons. The maximum atomic E-state index is 12.4. The number of aromatic nitrogens is 1. The number of aliphatic hydroxyl groups excluding tert-OH is 1. The molecule has 1 unspecified atom stereocenters. The van der Waals surface area contributed by atoms with E-state index in [9.17, 15) is 9.90 Å². The number of benzene rings is 1. The molecule has 1 aliphatic carbocycles. The van der Waals surface area contributed by atoms with E-state index < -0.39 is 6.10 Å². The monoisotopic (exact) mass is 300 g/mol. The van der Waals surface area contributed by atoms with Gasteiger partial charge in [0.1, 0.15) is 0 Å². The van der Waals surface area contributed by atoms with Gasteiger partial charge in [-0.1, -0.05) is 30.9 Å². The van der Waals surface area contributed by atoms with Crippen molar-refractivity contribution in [3.05, 3.63) is 35.5 Å². The predicted molar refractivity (Wildman–Crippen MR) is 88.0 cm³/mol. The summed E-state index contributed by atoms with van der Waals surface area (Å²) in [5.74, 6) is 0.214. The molecule has 0 spiro atoms. The Balaban J connectivity index is 1.64. The van der Waals surface area contributed by atoms with Gasteiger partial charge in [0.25, 0.3) is 5.91 Å². The molecule has 1 fully saturated rings. The van der Waals surface area contributed by atoms with Crippen LogP contribution in [-0.4, -0.2) is 28.6 Å². The van der Waals surface area contributed by atoms with Crippen LogP contribution in [0, 0.1) is 12.8 Å². The summed E-state index contributed by atoms with van der Waals surface area (Å²) in [7, 11) is 0. The maximum absolute atomic E-state index is 12.4. The van der Waals surface area contributed by atoms with E-state index in [1.807, 2.05) is 25.1 Å². The minimum Gasteiger partial charge on any atom is -0.391 e. The molecule has 1 aromatic carbocycles. The number of hydrogen-bond donors (Lipinski definition) is 3. The first-order chi connectivity index (χ1) is 10.6. The van der Waals surface area contributed by atoms with Crippen molar-refractivity contribution in [2.24, 2.45) is 5.92 Å². The molecule has 1 saturated carbocycles. The Bertz CT molecular complexity index is 656. The smallest absolute Gasteiger partial charge is 0.253 e. The number of rotatable bonds is 4. The van der Waals surface area contributed by atoms with Gasteiger partial charge in [-0.15, -0.1) is 0 Å². The summed E-state index contributed by atoms with van der Waals surface area (Å²) in [6.07, 6.45) is 7.11. The zero-order chi connectivity index (χ0) is 15.5. The number of aromatic amines is 1. The molecule has 1 aliphatic rings. The quantitative estimate of drug-likeness (QED) is 0.812. The van der Waals surface area contributed by atoms with Crippen LogP contribution in [0.3, 0.4) is 0 Å². The van der Waals surface area contributed by atoms with E-state index in [0.29, 0.717) is 18.0 Å². The zero-order valence-corrected chi connectivity index (χ0v) is 13.1. The number of nitrogens with one attached hydrogen (secondary N) is 2. The van der Waals surface area contributed by atoms with Crippen LogP contribution in [0.15, 0.2) is 24.4 Å². The molecule has 2 aromatic rings. The fraction of sp³-hybridized carbons (Fsp3) is 0.500. The number of amides is 1. The second-order valence-electron chi connectivity index (χ2n) is 6.43. The molecule has 3 N–H and O–H groups in total. The average molecular weight is 300 g/mol. The van der Waals surface area contributed by atoms with Crippen LogP contribution in [0.4, 0.5) is 0 Å². The molecular weight excluding hydrogens is 276 g/mol. The Labute approximate surface area is 130 Å². The van der Waals surface area contributed by atoms with Gasteiger partial charge >= 0.3 is 0 Å². The van der Waals surface area contributed by atoms with Crippen molar-refractivity contribution in [3.8, 4) is 0 Å². The van der Waals surface area contributed by atoms with Crippen molar-refractivity contribution in [3.63, 3.8) is 0 Å². The second kappa shape index (κ2) is 6.53. The van der Waals surface area contributed by atoms with Gasteiger partial charge in [-0.3, -0.25) is 4.79 Å². The largest absolute Gasteiger partial charge is 0.391 e. The van der Waals surface area contributed by atoms with Crippen LogP contribution in [0.1, 0.15) is 48.0 Å². The summed E-state index contributed by atoms with van der Waals surface area (Å²) in [6, 6.07) is 6.02. The Morgan fingerprint density at radius 2 is 2.14 bits per heavy atom. The van der Waals surface area contributed by atoms with Crippen molar-refractivity contribution in [1.82, 2.24) is 10.3 Å². The van der Waals surface area contributed by atoms with Crippen molar-refractivity contribution in [2.75, 3.05) is 6.54 Å². The Morgan fingerprint density at radius 3 is 2.91 bits per heavy atom. The first-order valence-corrected chi connectivity index (χ1v) is 8.19. The molecule has 0 bridgehead atoms. The van der Waals surface area contributed by atoms with Crippen molar-refractivity contribution in [2.45, 2.75) is 45.1 Å². The summed E-state index contributed by atoms with van der Waals surface area (Å²) in [6.45, 7) is 2.35. The number of aryl methyl sites for hydroxylation is 1. The molecule has 1 heterocycles. The third kappa shape index (κ3) is 3.17. The molecule has 1 atom stereocenters. The standard InChI is InChI=1S/C18H24N2O2/c1-12-7-8-16-14(9-12)15(10-19-16)18(22)20-11-17(21)13-5-3-2-4-6-13/h7-10,13,17,19,21H,2-6,11H2,1H3,(H,20,22). The predicted octanol–water partition coefficient (Wildman–Crippen LogP) is 3.15. The van der Waals surface area contributed by atoms with Crippen LogP contribution in [0.5, 0.6) is 0 Å². The van der Waals surface area contributed by atoms with Gasteiger partial charge in [0.05, 0.1) is 11.7 Å². The van der Waals surface area contributed by atoms with Gasteiger partial charge in [-0.25, -0.2) is 0 Å². The van der Waals surface area contributed by atoms with Crippen LogP contribution >= 0.6 is 0 Å². The highest BCUT2D eigenvalue weighted by Gasteiger charge is 2.22. The van der Waals surface area contributed by atoms with E-state index in [-0.39, 0.29) is 5.91 Å². The normalized spacial score (nSPS) is 17.5.